The summed E-state index contributed by atoms with van der Waals surface area (Å²) in [6.45, 7) is 0. The predicted octanol–water partition coefficient (Wildman–Crippen LogP) is 5.44. The number of nitrogens with one attached hydrogen (secondary N) is 1. The van der Waals surface area contributed by atoms with E-state index >= 15 is 0 Å². The highest BCUT2D eigenvalue weighted by atomic mass is 79.9. The van der Waals surface area contributed by atoms with E-state index in [2.05, 4.69) is 37.2 Å². The molecule has 1 aromatic heterocycles. The minimum absolute atomic E-state index is 0.0245. The van der Waals surface area contributed by atoms with Gasteiger partial charge in [0.15, 0.2) is 5.16 Å². The predicted molar refractivity (Wildman–Crippen MR) is 157 cm³/mol. The van der Waals surface area contributed by atoms with Gasteiger partial charge in [0.2, 0.25) is 15.9 Å². The molecule has 1 heterocycles. The third kappa shape index (κ3) is 5.54. The number of hydrogen-bond donors (Lipinski definition) is 2. The highest BCUT2D eigenvalue weighted by molar-refractivity contribution is 9.11. The summed E-state index contributed by atoms with van der Waals surface area (Å²) in [6.07, 6.45) is 0. The van der Waals surface area contributed by atoms with Crippen LogP contribution in [-0.4, -0.2) is 29.6 Å². The van der Waals surface area contributed by atoms with Crippen molar-refractivity contribution >= 4 is 86.9 Å². The molecule has 4 aromatic carbocycles. The Balaban J connectivity index is 1.57. The van der Waals surface area contributed by atoms with Crippen LogP contribution in [0.15, 0.2) is 103 Å². The van der Waals surface area contributed by atoms with Gasteiger partial charge in [0.05, 0.1) is 32.9 Å². The number of anilines is 1. The van der Waals surface area contributed by atoms with Gasteiger partial charge in [0.1, 0.15) is 0 Å². The van der Waals surface area contributed by atoms with Gasteiger partial charge in [0, 0.05) is 8.95 Å². The van der Waals surface area contributed by atoms with Crippen molar-refractivity contribution in [3.8, 4) is 5.69 Å². The molecular weight excluding hydrogens is 656 g/mol. The molecule has 5 rings (SSSR count). The molecule has 5 aromatic rings. The molecule has 0 atom stereocenters. The summed E-state index contributed by atoms with van der Waals surface area (Å²) in [5.41, 5.74) is 1.14. The second-order valence-electron chi connectivity index (χ2n) is 8.25. The first kappa shape index (κ1) is 26.6. The molecule has 38 heavy (non-hydrogen) atoms. The second kappa shape index (κ2) is 10.6. The van der Waals surface area contributed by atoms with E-state index in [0.29, 0.717) is 26.8 Å². The minimum atomic E-state index is -3.91. The van der Waals surface area contributed by atoms with E-state index in [0.717, 1.165) is 27.0 Å². The topological polar surface area (TPSA) is 124 Å². The maximum atomic E-state index is 13.7. The van der Waals surface area contributed by atoms with E-state index in [9.17, 15) is 18.0 Å². The van der Waals surface area contributed by atoms with Gasteiger partial charge >= 0.3 is 0 Å². The van der Waals surface area contributed by atoms with Crippen molar-refractivity contribution in [3.63, 3.8) is 0 Å². The molecule has 0 aliphatic rings. The summed E-state index contributed by atoms with van der Waals surface area (Å²) in [5, 5.41) is 10.6. The van der Waals surface area contributed by atoms with E-state index in [4.69, 9.17) is 10.1 Å². The van der Waals surface area contributed by atoms with Crippen LogP contribution in [0.3, 0.4) is 0 Å². The standard InChI is InChI=1S/C26H18Br2N4O4S2/c27-17-5-10-22(21(28)13-17)30-24(33)14-37-26-31-23-12-16-4-2-1-3-15(16)11-20(23)25(34)32(26)18-6-8-19(9-7-18)38(29,35)36/h1-13H,14H2,(H,30,33)(H2,29,35,36). The number of nitrogens with zero attached hydrogens (tertiary/aromatic N) is 2. The van der Waals surface area contributed by atoms with Crippen molar-refractivity contribution in [2.75, 3.05) is 11.1 Å². The molecule has 0 saturated heterocycles. The van der Waals surface area contributed by atoms with Crippen LogP contribution in [0.25, 0.3) is 27.4 Å². The molecule has 0 radical (unpaired) electrons. The SMILES string of the molecule is NS(=O)(=O)c1ccc(-n2c(SCC(=O)Nc3ccc(Br)cc3Br)nc3cc4ccccc4cc3c2=O)cc1. The zero-order valence-corrected chi connectivity index (χ0v) is 24.2. The van der Waals surface area contributed by atoms with Crippen LogP contribution in [0.2, 0.25) is 0 Å². The number of halogens is 2. The van der Waals surface area contributed by atoms with Gasteiger partial charge in [0.25, 0.3) is 5.56 Å². The first-order chi connectivity index (χ1) is 18.1. The molecule has 0 bridgehead atoms. The Bertz CT molecular complexity index is 1890. The zero-order valence-electron chi connectivity index (χ0n) is 19.4. The third-order valence-corrected chi connectivity index (χ3v) is 8.68. The van der Waals surface area contributed by atoms with E-state index in [1.807, 2.05) is 42.5 Å². The van der Waals surface area contributed by atoms with Crippen LogP contribution in [0, 0.1) is 0 Å². The Hall–Kier alpha value is -3.03. The lowest BCUT2D eigenvalue weighted by atomic mass is 10.1. The number of fused-ring (bicyclic) bond motifs is 2. The van der Waals surface area contributed by atoms with Crippen molar-refractivity contribution in [3.05, 3.63) is 98.2 Å². The number of primary sulfonamides is 1. The number of carbonyl (C=O) groups excluding carboxylic acids is 1. The Kier molecular flexibility index (Phi) is 7.43. The van der Waals surface area contributed by atoms with E-state index in [-0.39, 0.29) is 27.3 Å². The quantitative estimate of drug-likeness (QED) is 0.141. The number of amides is 1. The maximum absolute atomic E-state index is 13.7. The van der Waals surface area contributed by atoms with Gasteiger partial charge in [-0.25, -0.2) is 18.5 Å². The van der Waals surface area contributed by atoms with E-state index < -0.39 is 10.0 Å². The average molecular weight is 674 g/mol. The summed E-state index contributed by atoms with van der Waals surface area (Å²) < 4.78 is 26.4. The normalized spacial score (nSPS) is 11.7. The van der Waals surface area contributed by atoms with Gasteiger partial charge in [-0.15, -0.1) is 0 Å². The number of nitrogens with two attached hydrogens (primary N) is 1. The van der Waals surface area contributed by atoms with Crippen LogP contribution < -0.4 is 16.0 Å². The highest BCUT2D eigenvalue weighted by Gasteiger charge is 2.17. The molecule has 0 aliphatic carbocycles. The monoisotopic (exact) mass is 672 g/mol. The lowest BCUT2D eigenvalue weighted by Crippen LogP contribution is -2.23. The van der Waals surface area contributed by atoms with Gasteiger partial charge in [-0.2, -0.15) is 0 Å². The average Bonchev–Trinajstić information content (AvgIpc) is 2.88. The number of rotatable bonds is 6. The number of carbonyl (C=O) groups is 1. The van der Waals surface area contributed by atoms with Gasteiger partial charge < -0.3 is 5.32 Å². The van der Waals surface area contributed by atoms with Crippen molar-refractivity contribution in [1.29, 1.82) is 0 Å². The lowest BCUT2D eigenvalue weighted by Gasteiger charge is -2.14. The number of aromatic nitrogens is 2. The second-order valence-corrected chi connectivity index (χ2v) is 12.5. The molecule has 8 nitrogen and oxygen atoms in total. The van der Waals surface area contributed by atoms with Gasteiger partial charge in [-0.1, -0.05) is 52.0 Å². The Morgan fingerprint density at radius 1 is 0.974 bits per heavy atom. The highest BCUT2D eigenvalue weighted by Crippen LogP contribution is 2.28. The smallest absolute Gasteiger partial charge is 0.266 e. The maximum Gasteiger partial charge on any atom is 0.266 e. The summed E-state index contributed by atoms with van der Waals surface area (Å²) in [4.78, 5) is 31.2. The summed E-state index contributed by atoms with van der Waals surface area (Å²) in [7, 11) is -3.91. The third-order valence-electron chi connectivity index (χ3n) is 5.67. The molecule has 0 fully saturated rings. The molecule has 192 valence electrons. The fourth-order valence-corrected chi connectivity index (χ4v) is 6.34. The summed E-state index contributed by atoms with van der Waals surface area (Å²) in [6, 6.07) is 22.3. The largest absolute Gasteiger partial charge is 0.324 e. The van der Waals surface area contributed by atoms with Crippen LogP contribution in [0.1, 0.15) is 0 Å². The van der Waals surface area contributed by atoms with Crippen molar-refractivity contribution in [1.82, 2.24) is 9.55 Å². The number of benzene rings is 4. The minimum Gasteiger partial charge on any atom is -0.324 e. The molecular formula is C26H18Br2N4O4S2. The van der Waals surface area contributed by atoms with Crippen molar-refractivity contribution in [2.45, 2.75) is 10.1 Å². The first-order valence-corrected chi connectivity index (χ1v) is 15.2. The van der Waals surface area contributed by atoms with Crippen LogP contribution in [0.5, 0.6) is 0 Å². The molecule has 3 N–H and O–H groups in total. The van der Waals surface area contributed by atoms with Crippen molar-refractivity contribution in [2.24, 2.45) is 5.14 Å². The Labute approximate surface area is 238 Å². The van der Waals surface area contributed by atoms with Crippen LogP contribution in [-0.2, 0) is 14.8 Å². The van der Waals surface area contributed by atoms with Crippen LogP contribution >= 0.6 is 43.6 Å². The number of sulfonamides is 1. The Morgan fingerprint density at radius 2 is 1.66 bits per heavy atom. The molecule has 0 unspecified atom stereocenters. The van der Waals surface area contributed by atoms with E-state index in [1.165, 1.54) is 28.8 Å². The van der Waals surface area contributed by atoms with Gasteiger partial charge in [-0.05, 0) is 81.3 Å². The molecule has 12 heteroatoms. The fraction of sp³-hybridized carbons (Fsp3) is 0.0385. The van der Waals surface area contributed by atoms with E-state index in [1.54, 1.807) is 12.1 Å². The number of hydrogen-bond acceptors (Lipinski definition) is 6. The molecule has 1 amide bonds. The molecule has 0 aliphatic heterocycles. The first-order valence-electron chi connectivity index (χ1n) is 11.1. The summed E-state index contributed by atoms with van der Waals surface area (Å²) >= 11 is 7.91. The lowest BCUT2D eigenvalue weighted by molar-refractivity contribution is -0.113. The fourth-order valence-electron chi connectivity index (χ4n) is 3.87. The zero-order chi connectivity index (χ0) is 27.0. The Morgan fingerprint density at radius 3 is 2.32 bits per heavy atom. The summed E-state index contributed by atoms with van der Waals surface area (Å²) in [5.74, 6) is -0.314. The van der Waals surface area contributed by atoms with Gasteiger partial charge in [-0.3, -0.25) is 14.2 Å². The molecule has 0 saturated carbocycles. The number of thioether (sulfide) groups is 1. The van der Waals surface area contributed by atoms with Crippen molar-refractivity contribution < 1.29 is 13.2 Å². The molecule has 0 spiro atoms. The van der Waals surface area contributed by atoms with Crippen LogP contribution in [0.4, 0.5) is 5.69 Å².